The van der Waals surface area contributed by atoms with Crippen molar-refractivity contribution < 1.29 is 9.53 Å². The first-order valence-electron chi connectivity index (χ1n) is 6.91. The monoisotopic (exact) mass is 271 g/mol. The van der Waals surface area contributed by atoms with Crippen LogP contribution in [-0.2, 0) is 4.74 Å². The number of carbonyl (C=O) groups excluding carboxylic acids is 1. The predicted molar refractivity (Wildman–Crippen MR) is 81.6 cm³/mol. The van der Waals surface area contributed by atoms with Crippen molar-refractivity contribution in [2.45, 2.75) is 32.8 Å². The topological polar surface area (TPSA) is 38.3 Å². The molecule has 1 amide bonds. The molecule has 2 atom stereocenters. The van der Waals surface area contributed by atoms with Gasteiger partial charge in [0.15, 0.2) is 0 Å². The summed E-state index contributed by atoms with van der Waals surface area (Å²) in [6.45, 7) is 8.04. The number of para-hydroxylation sites is 1. The van der Waals surface area contributed by atoms with E-state index in [1.165, 1.54) is 0 Å². The van der Waals surface area contributed by atoms with Gasteiger partial charge in [-0.3, -0.25) is 5.32 Å². The van der Waals surface area contributed by atoms with Gasteiger partial charge in [0, 0.05) is 5.69 Å². The second-order valence-corrected chi connectivity index (χ2v) is 5.35. The van der Waals surface area contributed by atoms with E-state index >= 15 is 0 Å². The Morgan fingerprint density at radius 1 is 1.35 bits per heavy atom. The molecule has 0 heterocycles. The standard InChI is InChI=1S/C17H21NO2/c1-12(2)14-10-9-13(3)16(11-14)20-17(19)18-15-7-5-4-6-8-15/h4-9,14,16H,1,10-11H2,2-3H3,(H,18,19)/t14-,16-/m1/s1. The third-order valence-electron chi connectivity index (χ3n) is 3.70. The van der Waals surface area contributed by atoms with Gasteiger partial charge in [-0.05, 0) is 50.3 Å². The van der Waals surface area contributed by atoms with Crippen LogP contribution in [0.4, 0.5) is 10.5 Å². The van der Waals surface area contributed by atoms with Gasteiger partial charge in [0.1, 0.15) is 6.10 Å². The van der Waals surface area contributed by atoms with Crippen LogP contribution >= 0.6 is 0 Å². The number of hydrogen-bond donors (Lipinski definition) is 1. The lowest BCUT2D eigenvalue weighted by Crippen LogP contribution is -2.28. The van der Waals surface area contributed by atoms with Crippen molar-refractivity contribution in [1.82, 2.24) is 0 Å². The van der Waals surface area contributed by atoms with Gasteiger partial charge in [0.2, 0.25) is 0 Å². The highest BCUT2D eigenvalue weighted by atomic mass is 16.6. The molecule has 0 spiro atoms. The van der Waals surface area contributed by atoms with Gasteiger partial charge < -0.3 is 4.74 Å². The van der Waals surface area contributed by atoms with Crippen molar-refractivity contribution in [2.75, 3.05) is 5.32 Å². The molecule has 1 aromatic carbocycles. The van der Waals surface area contributed by atoms with E-state index in [1.54, 1.807) is 0 Å². The van der Waals surface area contributed by atoms with Crippen LogP contribution in [0.3, 0.4) is 0 Å². The molecule has 0 aliphatic heterocycles. The van der Waals surface area contributed by atoms with E-state index in [4.69, 9.17) is 4.74 Å². The van der Waals surface area contributed by atoms with Crippen LogP contribution in [-0.4, -0.2) is 12.2 Å². The fraction of sp³-hybridized carbons (Fsp3) is 0.353. The summed E-state index contributed by atoms with van der Waals surface area (Å²) < 4.78 is 5.53. The Labute approximate surface area is 120 Å². The molecule has 0 bridgehead atoms. The van der Waals surface area contributed by atoms with E-state index < -0.39 is 6.09 Å². The van der Waals surface area contributed by atoms with Crippen LogP contribution in [0.5, 0.6) is 0 Å². The van der Waals surface area contributed by atoms with Crippen LogP contribution < -0.4 is 5.32 Å². The Hall–Kier alpha value is -2.03. The lowest BCUT2D eigenvalue weighted by Gasteiger charge is -2.28. The predicted octanol–water partition coefficient (Wildman–Crippen LogP) is 4.54. The summed E-state index contributed by atoms with van der Waals surface area (Å²) in [5.41, 5.74) is 3.00. The van der Waals surface area contributed by atoms with Crippen LogP contribution in [0.2, 0.25) is 0 Å². The average Bonchev–Trinajstić information content (AvgIpc) is 2.42. The minimum absolute atomic E-state index is 0.158. The molecule has 0 radical (unpaired) electrons. The second-order valence-electron chi connectivity index (χ2n) is 5.35. The number of rotatable bonds is 3. The van der Waals surface area contributed by atoms with Crippen molar-refractivity contribution in [3.05, 3.63) is 54.1 Å². The summed E-state index contributed by atoms with van der Waals surface area (Å²) in [7, 11) is 0. The zero-order valence-electron chi connectivity index (χ0n) is 12.1. The van der Waals surface area contributed by atoms with E-state index in [2.05, 4.69) is 18.0 Å². The van der Waals surface area contributed by atoms with Crippen molar-refractivity contribution in [2.24, 2.45) is 5.92 Å². The van der Waals surface area contributed by atoms with E-state index in [1.807, 2.05) is 44.2 Å². The van der Waals surface area contributed by atoms with Gasteiger partial charge in [-0.2, -0.15) is 0 Å². The van der Waals surface area contributed by atoms with E-state index in [9.17, 15) is 4.79 Å². The molecular formula is C17H21NO2. The highest BCUT2D eigenvalue weighted by Crippen LogP contribution is 2.30. The molecular weight excluding hydrogens is 250 g/mol. The summed E-state index contributed by atoms with van der Waals surface area (Å²) in [5, 5.41) is 2.74. The number of ether oxygens (including phenoxy) is 1. The number of carbonyl (C=O) groups is 1. The Balaban J connectivity index is 1.95. The lowest BCUT2D eigenvalue weighted by molar-refractivity contribution is 0.113. The Bertz CT molecular complexity index is 519. The molecule has 0 saturated carbocycles. The van der Waals surface area contributed by atoms with E-state index in [0.717, 1.165) is 29.7 Å². The fourth-order valence-corrected chi connectivity index (χ4v) is 2.34. The normalized spacial score (nSPS) is 21.8. The van der Waals surface area contributed by atoms with Crippen molar-refractivity contribution in [1.29, 1.82) is 0 Å². The molecule has 1 aliphatic carbocycles. The van der Waals surface area contributed by atoms with E-state index in [0.29, 0.717) is 5.92 Å². The van der Waals surface area contributed by atoms with Gasteiger partial charge in [-0.1, -0.05) is 36.4 Å². The SMILES string of the molecule is C=C(C)[C@@H]1CC=C(C)[C@H](OC(=O)Nc2ccccc2)C1. The number of allylic oxidation sites excluding steroid dienone is 2. The first-order valence-corrected chi connectivity index (χ1v) is 6.91. The molecule has 2 rings (SSSR count). The van der Waals surface area contributed by atoms with Crippen molar-refractivity contribution >= 4 is 11.8 Å². The Morgan fingerprint density at radius 2 is 2.05 bits per heavy atom. The molecule has 1 aliphatic rings. The van der Waals surface area contributed by atoms with Crippen LogP contribution in [0, 0.1) is 5.92 Å². The van der Waals surface area contributed by atoms with Crippen LogP contribution in [0.1, 0.15) is 26.7 Å². The molecule has 20 heavy (non-hydrogen) atoms. The van der Waals surface area contributed by atoms with Crippen molar-refractivity contribution in [3.63, 3.8) is 0 Å². The zero-order valence-corrected chi connectivity index (χ0v) is 12.1. The molecule has 1 aromatic rings. The molecule has 3 nitrogen and oxygen atoms in total. The molecule has 3 heteroatoms. The summed E-state index contributed by atoms with van der Waals surface area (Å²) in [5.74, 6) is 0.397. The highest BCUT2D eigenvalue weighted by molar-refractivity contribution is 5.84. The molecule has 0 aromatic heterocycles. The maximum atomic E-state index is 11.9. The number of hydrogen-bond acceptors (Lipinski definition) is 2. The number of benzene rings is 1. The van der Waals surface area contributed by atoms with Gasteiger partial charge in [-0.15, -0.1) is 0 Å². The first-order chi connectivity index (χ1) is 9.56. The zero-order chi connectivity index (χ0) is 14.5. The smallest absolute Gasteiger partial charge is 0.412 e. The third-order valence-corrected chi connectivity index (χ3v) is 3.70. The summed E-state index contributed by atoms with van der Waals surface area (Å²) in [6, 6.07) is 9.32. The quantitative estimate of drug-likeness (QED) is 0.820. The maximum absolute atomic E-state index is 11.9. The first kappa shape index (κ1) is 14.4. The molecule has 0 saturated heterocycles. The average molecular weight is 271 g/mol. The summed E-state index contributed by atoms with van der Waals surface area (Å²) >= 11 is 0. The summed E-state index contributed by atoms with van der Waals surface area (Å²) in [6.07, 6.45) is 3.38. The van der Waals surface area contributed by atoms with Crippen molar-refractivity contribution in [3.8, 4) is 0 Å². The Morgan fingerprint density at radius 3 is 2.70 bits per heavy atom. The molecule has 0 unspecified atom stereocenters. The van der Waals surface area contributed by atoms with Gasteiger partial charge in [0.25, 0.3) is 0 Å². The third kappa shape index (κ3) is 3.73. The highest BCUT2D eigenvalue weighted by Gasteiger charge is 2.25. The number of nitrogens with one attached hydrogen (secondary N) is 1. The largest absolute Gasteiger partial charge is 0.441 e. The fourth-order valence-electron chi connectivity index (χ4n) is 2.34. The summed E-state index contributed by atoms with van der Waals surface area (Å²) in [4.78, 5) is 11.9. The molecule has 1 N–H and O–H groups in total. The Kier molecular flexibility index (Phi) is 4.61. The molecule has 0 fully saturated rings. The minimum atomic E-state index is -0.406. The maximum Gasteiger partial charge on any atom is 0.412 e. The molecule has 106 valence electrons. The van der Waals surface area contributed by atoms with Gasteiger partial charge in [0.05, 0.1) is 0 Å². The number of amides is 1. The van der Waals surface area contributed by atoms with Crippen LogP contribution in [0.25, 0.3) is 0 Å². The van der Waals surface area contributed by atoms with Gasteiger partial charge in [-0.25, -0.2) is 4.79 Å². The second kappa shape index (κ2) is 6.42. The van der Waals surface area contributed by atoms with Gasteiger partial charge >= 0.3 is 6.09 Å². The lowest BCUT2D eigenvalue weighted by atomic mass is 9.84. The number of anilines is 1. The minimum Gasteiger partial charge on any atom is -0.441 e. The van der Waals surface area contributed by atoms with Crippen LogP contribution in [0.15, 0.2) is 54.1 Å². The van der Waals surface area contributed by atoms with E-state index in [-0.39, 0.29) is 6.10 Å².